The van der Waals surface area contributed by atoms with E-state index in [1.165, 1.54) is 0 Å². The van der Waals surface area contributed by atoms with Crippen molar-refractivity contribution in [3.63, 3.8) is 0 Å². The number of anilines is 1. The van der Waals surface area contributed by atoms with Crippen molar-refractivity contribution in [3.05, 3.63) is 23.9 Å². The Kier molecular flexibility index (Phi) is 5.82. The first-order valence-electron chi connectivity index (χ1n) is 5.73. The average Bonchev–Trinajstić information content (AvgIpc) is 2.28. The molecule has 3 N–H and O–H groups in total. The molecule has 0 saturated heterocycles. The molecule has 1 aromatic rings. The van der Waals surface area contributed by atoms with Crippen LogP contribution in [0.2, 0.25) is 0 Å². The summed E-state index contributed by atoms with van der Waals surface area (Å²) in [4.78, 5) is 6.29. The molecule has 0 spiro atoms. The smallest absolute Gasteiger partial charge is 0.127 e. The van der Waals surface area contributed by atoms with Crippen LogP contribution < -0.4 is 5.73 Å². The number of aliphatic hydroxyl groups is 1. The van der Waals surface area contributed by atoms with E-state index in [1.807, 2.05) is 12.1 Å². The fourth-order valence-corrected chi connectivity index (χ4v) is 1.62. The van der Waals surface area contributed by atoms with Crippen molar-refractivity contribution in [3.8, 4) is 0 Å². The molecule has 0 aliphatic rings. The van der Waals surface area contributed by atoms with Gasteiger partial charge in [0.15, 0.2) is 0 Å². The Labute approximate surface area is 97.1 Å². The third-order valence-corrected chi connectivity index (χ3v) is 2.56. The highest BCUT2D eigenvalue weighted by molar-refractivity contribution is 5.38. The fraction of sp³-hybridized carbons (Fsp3) is 0.583. The summed E-state index contributed by atoms with van der Waals surface area (Å²) in [6.07, 6.45) is 4.78. The van der Waals surface area contributed by atoms with Gasteiger partial charge in [-0.05, 0) is 38.9 Å². The lowest BCUT2D eigenvalue weighted by Crippen LogP contribution is -2.20. The summed E-state index contributed by atoms with van der Waals surface area (Å²) in [5.74, 6) is 0.615. The van der Waals surface area contributed by atoms with E-state index in [0.717, 1.165) is 37.9 Å². The lowest BCUT2D eigenvalue weighted by atomic mass is 10.2. The van der Waals surface area contributed by atoms with E-state index in [0.29, 0.717) is 12.4 Å². The summed E-state index contributed by atoms with van der Waals surface area (Å²) in [6, 6.07) is 3.91. The van der Waals surface area contributed by atoms with Crippen molar-refractivity contribution in [1.29, 1.82) is 0 Å². The molecule has 0 aliphatic carbocycles. The number of pyridine rings is 1. The molecule has 1 aromatic heterocycles. The molecule has 1 rings (SSSR count). The van der Waals surface area contributed by atoms with Crippen molar-refractivity contribution in [1.82, 2.24) is 9.88 Å². The number of hydrogen-bond donors (Lipinski definition) is 2. The van der Waals surface area contributed by atoms with Gasteiger partial charge in [0.05, 0.1) is 0 Å². The minimum Gasteiger partial charge on any atom is -0.396 e. The number of nitrogens with two attached hydrogens (primary N) is 1. The zero-order valence-corrected chi connectivity index (χ0v) is 9.89. The highest BCUT2D eigenvalue weighted by atomic mass is 16.2. The van der Waals surface area contributed by atoms with Gasteiger partial charge in [-0.2, -0.15) is 0 Å². The maximum atomic E-state index is 8.66. The molecule has 4 nitrogen and oxygen atoms in total. The minimum atomic E-state index is 0.291. The van der Waals surface area contributed by atoms with Crippen LogP contribution in [-0.2, 0) is 6.54 Å². The Morgan fingerprint density at radius 1 is 1.38 bits per heavy atom. The van der Waals surface area contributed by atoms with Crippen molar-refractivity contribution < 1.29 is 5.11 Å². The van der Waals surface area contributed by atoms with Gasteiger partial charge in [0, 0.05) is 24.9 Å². The van der Waals surface area contributed by atoms with Gasteiger partial charge in [-0.1, -0.05) is 6.07 Å². The number of nitrogens with zero attached hydrogens (tertiary/aromatic N) is 2. The second-order valence-corrected chi connectivity index (χ2v) is 4.07. The second-order valence-electron chi connectivity index (χ2n) is 4.07. The summed E-state index contributed by atoms with van der Waals surface area (Å²) in [5, 5.41) is 8.66. The van der Waals surface area contributed by atoms with E-state index in [9.17, 15) is 0 Å². The highest BCUT2D eigenvalue weighted by Gasteiger charge is 2.03. The van der Waals surface area contributed by atoms with Gasteiger partial charge in [0.1, 0.15) is 5.82 Å². The third-order valence-electron chi connectivity index (χ3n) is 2.56. The summed E-state index contributed by atoms with van der Waals surface area (Å²) < 4.78 is 0. The number of unbranched alkanes of at least 4 members (excludes halogenated alkanes) is 2. The molecular weight excluding hydrogens is 202 g/mol. The standard InChI is InChI=1S/C12H21N3O/c1-15(8-3-2-4-9-16)10-11-6-5-7-14-12(11)13/h5-7,16H,2-4,8-10H2,1H3,(H2,13,14). The van der Waals surface area contributed by atoms with Gasteiger partial charge in [0.2, 0.25) is 0 Å². The number of rotatable bonds is 7. The van der Waals surface area contributed by atoms with E-state index in [2.05, 4.69) is 16.9 Å². The summed E-state index contributed by atoms with van der Waals surface area (Å²) in [5.41, 5.74) is 6.85. The van der Waals surface area contributed by atoms with E-state index < -0.39 is 0 Å². The van der Waals surface area contributed by atoms with E-state index in [1.54, 1.807) is 6.20 Å². The van der Waals surface area contributed by atoms with Crippen LogP contribution in [0.3, 0.4) is 0 Å². The maximum absolute atomic E-state index is 8.66. The third kappa shape index (κ3) is 4.59. The average molecular weight is 223 g/mol. The molecule has 0 aromatic carbocycles. The molecule has 90 valence electrons. The quantitative estimate of drug-likeness (QED) is 0.683. The largest absolute Gasteiger partial charge is 0.396 e. The Balaban J connectivity index is 2.28. The van der Waals surface area contributed by atoms with Crippen LogP contribution in [0.4, 0.5) is 5.82 Å². The Morgan fingerprint density at radius 2 is 2.19 bits per heavy atom. The zero-order valence-electron chi connectivity index (χ0n) is 9.89. The molecule has 0 unspecified atom stereocenters. The van der Waals surface area contributed by atoms with Crippen LogP contribution in [0.1, 0.15) is 24.8 Å². The normalized spacial score (nSPS) is 10.9. The Morgan fingerprint density at radius 3 is 2.88 bits per heavy atom. The van der Waals surface area contributed by atoms with Crippen LogP contribution in [0.5, 0.6) is 0 Å². The molecule has 0 amide bonds. The molecule has 0 saturated carbocycles. The molecule has 16 heavy (non-hydrogen) atoms. The second kappa shape index (κ2) is 7.19. The van der Waals surface area contributed by atoms with Crippen molar-refractivity contribution in [2.45, 2.75) is 25.8 Å². The topological polar surface area (TPSA) is 62.4 Å². The first-order valence-corrected chi connectivity index (χ1v) is 5.73. The van der Waals surface area contributed by atoms with Gasteiger partial charge in [0.25, 0.3) is 0 Å². The van der Waals surface area contributed by atoms with Crippen LogP contribution in [0.25, 0.3) is 0 Å². The number of hydrogen-bond acceptors (Lipinski definition) is 4. The summed E-state index contributed by atoms with van der Waals surface area (Å²) in [7, 11) is 2.07. The molecule has 4 heteroatoms. The van der Waals surface area contributed by atoms with Crippen LogP contribution >= 0.6 is 0 Å². The Hall–Kier alpha value is -1.13. The summed E-state index contributed by atoms with van der Waals surface area (Å²) in [6.45, 7) is 2.15. The lowest BCUT2D eigenvalue weighted by molar-refractivity contribution is 0.271. The summed E-state index contributed by atoms with van der Waals surface area (Å²) >= 11 is 0. The number of aliphatic hydroxyl groups excluding tert-OH is 1. The van der Waals surface area contributed by atoms with E-state index in [-0.39, 0.29) is 0 Å². The SMILES string of the molecule is CN(CCCCCO)Cc1cccnc1N. The van der Waals surface area contributed by atoms with Crippen LogP contribution in [-0.4, -0.2) is 35.2 Å². The minimum absolute atomic E-state index is 0.291. The number of aromatic nitrogens is 1. The van der Waals surface area contributed by atoms with Gasteiger partial charge in [-0.15, -0.1) is 0 Å². The highest BCUT2D eigenvalue weighted by Crippen LogP contribution is 2.10. The van der Waals surface area contributed by atoms with Crippen LogP contribution in [0, 0.1) is 0 Å². The molecular formula is C12H21N3O. The van der Waals surface area contributed by atoms with Gasteiger partial charge in [-0.25, -0.2) is 4.98 Å². The molecule has 0 bridgehead atoms. The van der Waals surface area contributed by atoms with E-state index in [4.69, 9.17) is 10.8 Å². The predicted octanol–water partition coefficient (Wildman–Crippen LogP) is 1.26. The molecule has 0 aliphatic heterocycles. The van der Waals surface area contributed by atoms with Gasteiger partial charge in [-0.3, -0.25) is 0 Å². The van der Waals surface area contributed by atoms with Gasteiger partial charge >= 0.3 is 0 Å². The maximum Gasteiger partial charge on any atom is 0.127 e. The number of nitrogen functional groups attached to an aromatic ring is 1. The van der Waals surface area contributed by atoms with Crippen molar-refractivity contribution in [2.75, 3.05) is 25.9 Å². The van der Waals surface area contributed by atoms with Crippen LogP contribution in [0.15, 0.2) is 18.3 Å². The molecule has 1 heterocycles. The van der Waals surface area contributed by atoms with Crippen molar-refractivity contribution >= 4 is 5.82 Å². The Bertz CT molecular complexity index is 304. The fourth-order valence-electron chi connectivity index (χ4n) is 1.62. The van der Waals surface area contributed by atoms with E-state index >= 15 is 0 Å². The van der Waals surface area contributed by atoms with Gasteiger partial charge < -0.3 is 15.7 Å². The molecule has 0 radical (unpaired) electrons. The zero-order chi connectivity index (χ0) is 11.8. The molecule has 0 fully saturated rings. The first kappa shape index (κ1) is 12.9. The first-order chi connectivity index (χ1) is 7.74. The van der Waals surface area contributed by atoms with Crippen molar-refractivity contribution in [2.24, 2.45) is 0 Å². The monoisotopic (exact) mass is 223 g/mol. The molecule has 0 atom stereocenters. The lowest BCUT2D eigenvalue weighted by Gasteiger charge is -2.17. The predicted molar refractivity (Wildman–Crippen MR) is 65.9 cm³/mol.